The molecular weight excluding hydrogens is 455 g/mol. The van der Waals surface area contributed by atoms with Gasteiger partial charge in [0.2, 0.25) is 0 Å². The van der Waals surface area contributed by atoms with Crippen molar-refractivity contribution in [1.29, 1.82) is 0 Å². The Kier molecular flexibility index (Phi) is 11.5. The van der Waals surface area contributed by atoms with Gasteiger partial charge in [0.25, 0.3) is 0 Å². The maximum atomic E-state index is 5.45. The molecule has 1 heterocycles. The average molecular weight is 490 g/mol. The molecule has 2 rings (SSSR count). The molecule has 27 heavy (non-hydrogen) atoms. The first kappa shape index (κ1) is 23.8. The van der Waals surface area contributed by atoms with Crippen LogP contribution in [0.2, 0.25) is 0 Å². The molecule has 0 saturated carbocycles. The second-order valence-electron chi connectivity index (χ2n) is 6.69. The number of ether oxygens (including phenoxy) is 2. The van der Waals surface area contributed by atoms with Crippen molar-refractivity contribution in [2.75, 3.05) is 47.4 Å². The third-order valence-corrected chi connectivity index (χ3v) is 4.87. The molecule has 6 nitrogen and oxygen atoms in total. The number of methoxy groups -OCH3 is 2. The van der Waals surface area contributed by atoms with Crippen LogP contribution in [0, 0.1) is 0 Å². The highest BCUT2D eigenvalue weighted by atomic mass is 127. The fourth-order valence-electron chi connectivity index (χ4n) is 3.40. The van der Waals surface area contributed by atoms with Crippen LogP contribution in [0.5, 0.6) is 11.5 Å². The molecular formula is C20H35IN4O2. The summed E-state index contributed by atoms with van der Waals surface area (Å²) in [5.74, 6) is 2.61. The van der Waals surface area contributed by atoms with Crippen molar-refractivity contribution in [3.8, 4) is 11.5 Å². The van der Waals surface area contributed by atoms with E-state index in [0.717, 1.165) is 36.0 Å². The molecule has 0 atom stereocenters. The van der Waals surface area contributed by atoms with Gasteiger partial charge in [-0.2, -0.15) is 0 Å². The van der Waals surface area contributed by atoms with Crippen molar-refractivity contribution < 1.29 is 9.47 Å². The molecule has 1 saturated heterocycles. The van der Waals surface area contributed by atoms with E-state index in [4.69, 9.17) is 9.47 Å². The van der Waals surface area contributed by atoms with E-state index in [0.29, 0.717) is 6.04 Å². The van der Waals surface area contributed by atoms with Crippen LogP contribution in [0.25, 0.3) is 0 Å². The predicted molar refractivity (Wildman–Crippen MR) is 123 cm³/mol. The summed E-state index contributed by atoms with van der Waals surface area (Å²) in [6.07, 6.45) is 4.42. The zero-order valence-corrected chi connectivity index (χ0v) is 19.4. The van der Waals surface area contributed by atoms with Gasteiger partial charge in [-0.1, -0.05) is 6.92 Å². The Morgan fingerprint density at radius 2 is 1.96 bits per heavy atom. The number of guanidine groups is 1. The van der Waals surface area contributed by atoms with Gasteiger partial charge in [-0.25, -0.2) is 0 Å². The van der Waals surface area contributed by atoms with Gasteiger partial charge in [0.1, 0.15) is 11.5 Å². The number of aliphatic imine (C=N–C) groups is 1. The number of halogens is 1. The maximum absolute atomic E-state index is 5.45. The molecule has 0 unspecified atom stereocenters. The number of hydrogen-bond donors (Lipinski definition) is 2. The second kappa shape index (κ2) is 13.0. The summed E-state index contributed by atoms with van der Waals surface area (Å²) in [5.41, 5.74) is 1.13. The largest absolute Gasteiger partial charge is 0.497 e. The number of nitrogens with zero attached hydrogens (tertiary/aromatic N) is 2. The van der Waals surface area contributed by atoms with Gasteiger partial charge >= 0.3 is 0 Å². The van der Waals surface area contributed by atoms with Gasteiger partial charge in [0.15, 0.2) is 5.96 Å². The Balaban J connectivity index is 0.00000364. The summed E-state index contributed by atoms with van der Waals surface area (Å²) in [5, 5.41) is 6.98. The summed E-state index contributed by atoms with van der Waals surface area (Å²) in [6.45, 7) is 6.58. The Morgan fingerprint density at radius 3 is 2.56 bits per heavy atom. The summed E-state index contributed by atoms with van der Waals surface area (Å²) in [4.78, 5) is 6.91. The highest BCUT2D eigenvalue weighted by molar-refractivity contribution is 14.0. The molecule has 154 valence electrons. The second-order valence-corrected chi connectivity index (χ2v) is 6.69. The normalized spacial score (nSPS) is 15.8. The van der Waals surface area contributed by atoms with E-state index in [9.17, 15) is 0 Å². The first-order valence-corrected chi connectivity index (χ1v) is 9.60. The molecule has 1 fully saturated rings. The lowest BCUT2D eigenvalue weighted by atomic mass is 10.1. The molecule has 1 aromatic rings. The SMILES string of the molecule is CCCN1CCC(NC(=NC)NCCc2cc(OC)ccc2OC)CC1.I. The first-order chi connectivity index (χ1) is 12.7. The van der Waals surface area contributed by atoms with Crippen molar-refractivity contribution in [1.82, 2.24) is 15.5 Å². The Hall–Kier alpha value is -1.22. The lowest BCUT2D eigenvalue weighted by molar-refractivity contribution is 0.206. The van der Waals surface area contributed by atoms with Crippen molar-refractivity contribution >= 4 is 29.9 Å². The smallest absolute Gasteiger partial charge is 0.191 e. The molecule has 7 heteroatoms. The van der Waals surface area contributed by atoms with E-state index in [1.807, 2.05) is 25.2 Å². The van der Waals surface area contributed by atoms with Crippen LogP contribution in [0.3, 0.4) is 0 Å². The molecule has 1 aliphatic heterocycles. The molecule has 0 spiro atoms. The van der Waals surface area contributed by atoms with E-state index in [1.54, 1.807) is 14.2 Å². The topological polar surface area (TPSA) is 58.1 Å². The van der Waals surface area contributed by atoms with Crippen molar-refractivity contribution in [2.24, 2.45) is 4.99 Å². The van der Waals surface area contributed by atoms with Crippen LogP contribution in [0.1, 0.15) is 31.7 Å². The first-order valence-electron chi connectivity index (χ1n) is 9.60. The number of likely N-dealkylation sites (tertiary alicyclic amines) is 1. The van der Waals surface area contributed by atoms with Gasteiger partial charge < -0.3 is 25.0 Å². The Labute approximate surface area is 181 Å². The van der Waals surface area contributed by atoms with Gasteiger partial charge in [-0.3, -0.25) is 4.99 Å². The maximum Gasteiger partial charge on any atom is 0.191 e. The molecule has 0 bridgehead atoms. The van der Waals surface area contributed by atoms with E-state index in [2.05, 4.69) is 27.4 Å². The van der Waals surface area contributed by atoms with Crippen LogP contribution >= 0.6 is 24.0 Å². The number of rotatable bonds is 8. The van der Waals surface area contributed by atoms with E-state index in [1.165, 1.54) is 38.9 Å². The van der Waals surface area contributed by atoms with Crippen LogP contribution in [0.4, 0.5) is 0 Å². The zero-order valence-electron chi connectivity index (χ0n) is 17.1. The van der Waals surface area contributed by atoms with E-state index < -0.39 is 0 Å². The van der Waals surface area contributed by atoms with Crippen LogP contribution in [-0.4, -0.2) is 64.3 Å². The average Bonchev–Trinajstić information content (AvgIpc) is 2.68. The lowest BCUT2D eigenvalue weighted by Gasteiger charge is -2.32. The van der Waals surface area contributed by atoms with E-state index >= 15 is 0 Å². The van der Waals surface area contributed by atoms with Crippen molar-refractivity contribution in [3.05, 3.63) is 23.8 Å². The number of hydrogen-bond acceptors (Lipinski definition) is 4. The third-order valence-electron chi connectivity index (χ3n) is 4.87. The minimum Gasteiger partial charge on any atom is -0.497 e. The fraction of sp³-hybridized carbons (Fsp3) is 0.650. The summed E-state index contributed by atoms with van der Waals surface area (Å²) in [6, 6.07) is 6.40. The summed E-state index contributed by atoms with van der Waals surface area (Å²) in [7, 11) is 5.21. The van der Waals surface area contributed by atoms with E-state index in [-0.39, 0.29) is 24.0 Å². The molecule has 0 aromatic heterocycles. The van der Waals surface area contributed by atoms with Crippen molar-refractivity contribution in [2.45, 2.75) is 38.6 Å². The monoisotopic (exact) mass is 490 g/mol. The fourth-order valence-corrected chi connectivity index (χ4v) is 3.40. The van der Waals surface area contributed by atoms with Crippen LogP contribution < -0.4 is 20.1 Å². The molecule has 1 aromatic carbocycles. The summed E-state index contributed by atoms with van der Waals surface area (Å²) >= 11 is 0. The quantitative estimate of drug-likeness (QED) is 0.334. The molecule has 0 aliphatic carbocycles. The number of piperidine rings is 1. The minimum atomic E-state index is 0. The van der Waals surface area contributed by atoms with Crippen LogP contribution in [0.15, 0.2) is 23.2 Å². The van der Waals surface area contributed by atoms with Gasteiger partial charge in [-0.05, 0) is 56.0 Å². The highest BCUT2D eigenvalue weighted by Gasteiger charge is 2.19. The van der Waals surface area contributed by atoms with Gasteiger partial charge in [-0.15, -0.1) is 24.0 Å². The predicted octanol–water partition coefficient (Wildman–Crippen LogP) is 2.90. The van der Waals surface area contributed by atoms with Gasteiger partial charge in [0, 0.05) is 32.7 Å². The standard InChI is InChI=1S/C20H34N4O2.HI/c1-5-12-24-13-9-17(10-14-24)23-20(21-2)22-11-8-16-15-18(25-3)6-7-19(16)26-4;/h6-7,15,17H,5,8-14H2,1-4H3,(H2,21,22,23);1H. The lowest BCUT2D eigenvalue weighted by Crippen LogP contribution is -2.49. The number of benzene rings is 1. The van der Waals surface area contributed by atoms with Crippen molar-refractivity contribution in [3.63, 3.8) is 0 Å². The molecule has 0 amide bonds. The molecule has 0 radical (unpaired) electrons. The number of nitrogens with one attached hydrogen (secondary N) is 2. The molecule has 2 N–H and O–H groups in total. The Bertz CT molecular complexity index is 575. The summed E-state index contributed by atoms with van der Waals surface area (Å²) < 4.78 is 10.8. The molecule has 1 aliphatic rings. The highest BCUT2D eigenvalue weighted by Crippen LogP contribution is 2.24. The minimum absolute atomic E-state index is 0. The Morgan fingerprint density at radius 1 is 1.22 bits per heavy atom. The third kappa shape index (κ3) is 7.73. The zero-order chi connectivity index (χ0) is 18.8. The van der Waals surface area contributed by atoms with Gasteiger partial charge in [0.05, 0.1) is 14.2 Å². The van der Waals surface area contributed by atoms with Crippen LogP contribution in [-0.2, 0) is 6.42 Å².